The first-order valence-corrected chi connectivity index (χ1v) is 7.86. The number of anilines is 1. The zero-order chi connectivity index (χ0) is 16.3. The van der Waals surface area contributed by atoms with E-state index >= 15 is 0 Å². The maximum atomic E-state index is 13.3. The smallest absolute Gasteiger partial charge is 0.365 e. The second kappa shape index (κ2) is 4.79. The summed E-state index contributed by atoms with van der Waals surface area (Å²) in [4.78, 5) is 1.63. The average molecular weight is 342 g/mol. The Bertz CT molecular complexity index is 719. The molecule has 1 fully saturated rings. The van der Waals surface area contributed by atoms with Crippen molar-refractivity contribution in [3.8, 4) is 0 Å². The Morgan fingerprint density at radius 1 is 1.09 bits per heavy atom. The highest BCUT2D eigenvalue weighted by Crippen LogP contribution is 2.37. The maximum Gasteiger partial charge on any atom is 0.511 e. The SMILES string of the molecule is O=S(=O)(N1CCN2c3cc(F)c(F)cc3C[C@H]2C1)C(F)(F)F. The lowest BCUT2D eigenvalue weighted by Gasteiger charge is -2.38. The summed E-state index contributed by atoms with van der Waals surface area (Å²) < 4.78 is 87.5. The van der Waals surface area contributed by atoms with E-state index in [-0.39, 0.29) is 26.1 Å². The van der Waals surface area contributed by atoms with Crippen molar-refractivity contribution in [2.24, 2.45) is 0 Å². The van der Waals surface area contributed by atoms with Crippen LogP contribution in [0.3, 0.4) is 0 Å². The van der Waals surface area contributed by atoms with Crippen LogP contribution >= 0.6 is 0 Å². The van der Waals surface area contributed by atoms with Gasteiger partial charge in [0.25, 0.3) is 0 Å². The standard InChI is InChI=1S/C12H11F5N2O2S/c13-9-4-7-3-8-6-18(22(20,21)12(15,16)17)1-2-19(8)11(7)5-10(9)14/h4-5,8H,1-3,6H2/t8-/m0/s1. The van der Waals surface area contributed by atoms with Gasteiger partial charge in [-0.2, -0.15) is 17.5 Å². The fraction of sp³-hybridized carbons (Fsp3) is 0.500. The van der Waals surface area contributed by atoms with Crippen LogP contribution < -0.4 is 4.90 Å². The molecule has 0 saturated carbocycles. The lowest BCUT2D eigenvalue weighted by atomic mass is 10.1. The molecule has 0 N–H and O–H groups in total. The summed E-state index contributed by atoms with van der Waals surface area (Å²) >= 11 is 0. The average Bonchev–Trinajstić information content (AvgIpc) is 2.74. The van der Waals surface area contributed by atoms with Crippen LogP contribution in [0.25, 0.3) is 0 Å². The van der Waals surface area contributed by atoms with E-state index in [0.29, 0.717) is 15.6 Å². The predicted molar refractivity (Wildman–Crippen MR) is 67.7 cm³/mol. The Hall–Kier alpha value is -1.42. The fourth-order valence-corrected chi connectivity index (χ4v) is 3.93. The molecule has 2 aliphatic rings. The molecule has 22 heavy (non-hydrogen) atoms. The molecule has 0 unspecified atom stereocenters. The normalized spacial score (nSPS) is 22.6. The van der Waals surface area contributed by atoms with Crippen molar-refractivity contribution in [3.05, 3.63) is 29.3 Å². The molecule has 1 saturated heterocycles. The third-order valence-corrected chi connectivity index (χ3v) is 5.56. The third-order valence-electron chi connectivity index (χ3n) is 3.96. The van der Waals surface area contributed by atoms with Crippen molar-refractivity contribution in [2.75, 3.05) is 24.5 Å². The molecule has 0 bridgehead atoms. The summed E-state index contributed by atoms with van der Waals surface area (Å²) in [5, 5.41) is 0. The van der Waals surface area contributed by atoms with Gasteiger partial charge in [-0.3, -0.25) is 0 Å². The number of benzene rings is 1. The molecule has 1 aromatic carbocycles. The third kappa shape index (κ3) is 2.24. The van der Waals surface area contributed by atoms with Gasteiger partial charge in [0.2, 0.25) is 0 Å². The van der Waals surface area contributed by atoms with E-state index in [1.165, 1.54) is 0 Å². The number of fused-ring (bicyclic) bond motifs is 3. The molecular formula is C12H11F5N2O2S. The Morgan fingerprint density at radius 3 is 2.36 bits per heavy atom. The quantitative estimate of drug-likeness (QED) is 0.732. The Morgan fingerprint density at radius 2 is 1.73 bits per heavy atom. The molecule has 0 spiro atoms. The minimum absolute atomic E-state index is 0.00194. The minimum atomic E-state index is -5.38. The van der Waals surface area contributed by atoms with Crippen LogP contribution in [0.15, 0.2) is 12.1 Å². The van der Waals surface area contributed by atoms with E-state index in [1.807, 2.05) is 0 Å². The monoisotopic (exact) mass is 342 g/mol. The molecule has 0 radical (unpaired) electrons. The molecule has 122 valence electrons. The van der Waals surface area contributed by atoms with Crippen molar-refractivity contribution in [2.45, 2.75) is 18.0 Å². The zero-order valence-electron chi connectivity index (χ0n) is 11.1. The summed E-state index contributed by atoms with van der Waals surface area (Å²) in [6, 6.07) is 1.45. The molecule has 0 aliphatic carbocycles. The van der Waals surface area contributed by atoms with Crippen LogP contribution in [0, 0.1) is 11.6 Å². The highest BCUT2D eigenvalue weighted by molar-refractivity contribution is 7.90. The van der Waals surface area contributed by atoms with E-state index in [1.54, 1.807) is 4.90 Å². The van der Waals surface area contributed by atoms with Crippen LogP contribution in [0.2, 0.25) is 0 Å². The first-order chi connectivity index (χ1) is 10.1. The van der Waals surface area contributed by atoms with Crippen molar-refractivity contribution in [3.63, 3.8) is 0 Å². The van der Waals surface area contributed by atoms with E-state index in [2.05, 4.69) is 0 Å². The molecule has 0 aromatic heterocycles. The first-order valence-electron chi connectivity index (χ1n) is 6.42. The van der Waals surface area contributed by atoms with Crippen molar-refractivity contribution < 1.29 is 30.4 Å². The molecule has 4 nitrogen and oxygen atoms in total. The molecule has 2 aliphatic heterocycles. The number of nitrogens with zero attached hydrogens (tertiary/aromatic N) is 2. The highest BCUT2D eigenvalue weighted by atomic mass is 32.2. The molecule has 3 rings (SSSR count). The van der Waals surface area contributed by atoms with Gasteiger partial charge in [-0.1, -0.05) is 0 Å². The predicted octanol–water partition coefficient (Wildman–Crippen LogP) is 1.86. The van der Waals surface area contributed by atoms with Gasteiger partial charge >= 0.3 is 15.5 Å². The Balaban J connectivity index is 1.86. The fourth-order valence-electron chi connectivity index (χ4n) is 2.95. The van der Waals surface area contributed by atoms with Crippen molar-refractivity contribution in [1.29, 1.82) is 0 Å². The first kappa shape index (κ1) is 15.5. The lowest BCUT2D eigenvalue weighted by molar-refractivity contribution is -0.0492. The van der Waals surface area contributed by atoms with E-state index in [0.717, 1.165) is 12.1 Å². The number of hydrogen-bond donors (Lipinski definition) is 0. The summed E-state index contributed by atoms with van der Waals surface area (Å²) in [7, 11) is -5.38. The number of sulfonamides is 1. The summed E-state index contributed by atoms with van der Waals surface area (Å²) in [6.07, 6.45) is 0.177. The van der Waals surface area contributed by atoms with Crippen LogP contribution in [-0.2, 0) is 16.4 Å². The van der Waals surface area contributed by atoms with Gasteiger partial charge in [0.1, 0.15) is 0 Å². The van der Waals surface area contributed by atoms with Gasteiger partial charge in [-0.15, -0.1) is 0 Å². The van der Waals surface area contributed by atoms with Crippen LogP contribution in [0.5, 0.6) is 0 Å². The van der Waals surface area contributed by atoms with Gasteiger partial charge in [0, 0.05) is 37.4 Å². The summed E-state index contributed by atoms with van der Waals surface area (Å²) in [5.74, 6) is -2.07. The minimum Gasteiger partial charge on any atom is -0.365 e. The summed E-state index contributed by atoms with van der Waals surface area (Å²) in [6.45, 7) is -0.714. The lowest BCUT2D eigenvalue weighted by Crippen LogP contribution is -2.55. The molecule has 10 heteroatoms. The van der Waals surface area contributed by atoms with E-state index < -0.39 is 33.2 Å². The second-order valence-corrected chi connectivity index (χ2v) is 7.18. The molecule has 2 heterocycles. The van der Waals surface area contributed by atoms with E-state index in [9.17, 15) is 30.4 Å². The number of halogens is 5. The van der Waals surface area contributed by atoms with Crippen molar-refractivity contribution in [1.82, 2.24) is 4.31 Å². The molecule has 1 atom stereocenters. The zero-order valence-corrected chi connectivity index (χ0v) is 11.9. The van der Waals surface area contributed by atoms with Gasteiger partial charge in [-0.05, 0) is 18.1 Å². The van der Waals surface area contributed by atoms with Crippen LogP contribution in [0.4, 0.5) is 27.6 Å². The van der Waals surface area contributed by atoms with Crippen LogP contribution in [0.1, 0.15) is 5.56 Å². The Labute approximate surface area is 123 Å². The van der Waals surface area contributed by atoms with Gasteiger partial charge in [0.15, 0.2) is 11.6 Å². The second-order valence-electron chi connectivity index (χ2n) is 5.26. The van der Waals surface area contributed by atoms with Gasteiger partial charge in [0.05, 0.1) is 0 Å². The number of piperazine rings is 1. The molecule has 1 aromatic rings. The highest BCUT2D eigenvalue weighted by Gasteiger charge is 2.52. The number of rotatable bonds is 1. The van der Waals surface area contributed by atoms with Crippen molar-refractivity contribution >= 4 is 15.7 Å². The van der Waals surface area contributed by atoms with E-state index in [4.69, 9.17) is 0 Å². The number of alkyl halides is 3. The summed E-state index contributed by atoms with van der Waals surface area (Å²) in [5.41, 5.74) is -4.47. The molecular weight excluding hydrogens is 331 g/mol. The number of hydrogen-bond acceptors (Lipinski definition) is 3. The van der Waals surface area contributed by atoms with Gasteiger partial charge in [-0.25, -0.2) is 17.2 Å². The molecule has 0 amide bonds. The topological polar surface area (TPSA) is 40.6 Å². The maximum absolute atomic E-state index is 13.3. The van der Waals surface area contributed by atoms with Crippen LogP contribution in [-0.4, -0.2) is 43.9 Å². The Kier molecular flexibility index (Phi) is 3.37. The largest absolute Gasteiger partial charge is 0.511 e. The van der Waals surface area contributed by atoms with Gasteiger partial charge < -0.3 is 4.90 Å².